The second-order valence-corrected chi connectivity index (χ2v) is 6.96. The maximum atomic E-state index is 12.0. The summed E-state index contributed by atoms with van der Waals surface area (Å²) in [6.07, 6.45) is 0.232. The molecule has 1 aliphatic rings. The van der Waals surface area contributed by atoms with Crippen molar-refractivity contribution in [2.75, 3.05) is 32.8 Å². The molecule has 1 saturated heterocycles. The molecule has 1 heterocycles. The molecule has 0 aromatic heterocycles. The SMILES string of the molecule is O=C(CNC(=O)Cc1ccccc1)NCC1CN(Cc2ccccc2)CCO1. The van der Waals surface area contributed by atoms with Crippen LogP contribution in [-0.2, 0) is 27.3 Å². The Balaban J connectivity index is 1.34. The van der Waals surface area contributed by atoms with Crippen molar-refractivity contribution in [2.24, 2.45) is 0 Å². The molecule has 1 aliphatic heterocycles. The largest absolute Gasteiger partial charge is 0.374 e. The van der Waals surface area contributed by atoms with E-state index in [0.717, 1.165) is 25.2 Å². The lowest BCUT2D eigenvalue weighted by Gasteiger charge is -2.33. The molecule has 0 radical (unpaired) electrons. The Bertz CT molecular complexity index is 752. The average Bonchev–Trinajstić information content (AvgIpc) is 2.72. The normalized spacial score (nSPS) is 17.1. The number of amides is 2. The first-order valence-electron chi connectivity index (χ1n) is 9.64. The third-order valence-corrected chi connectivity index (χ3v) is 4.65. The molecule has 0 spiro atoms. The van der Waals surface area contributed by atoms with Crippen molar-refractivity contribution in [1.82, 2.24) is 15.5 Å². The average molecular weight is 381 g/mol. The van der Waals surface area contributed by atoms with Gasteiger partial charge < -0.3 is 15.4 Å². The van der Waals surface area contributed by atoms with Crippen molar-refractivity contribution >= 4 is 11.8 Å². The molecule has 2 N–H and O–H groups in total. The molecule has 2 amide bonds. The Morgan fingerprint density at radius 3 is 2.32 bits per heavy atom. The number of carbonyl (C=O) groups excluding carboxylic acids is 2. The molecular formula is C22H27N3O3. The number of hydrogen-bond donors (Lipinski definition) is 2. The van der Waals surface area contributed by atoms with Crippen molar-refractivity contribution in [2.45, 2.75) is 19.1 Å². The topological polar surface area (TPSA) is 70.7 Å². The van der Waals surface area contributed by atoms with Crippen LogP contribution >= 0.6 is 0 Å². The Kier molecular flexibility index (Phi) is 7.58. The van der Waals surface area contributed by atoms with Crippen molar-refractivity contribution in [1.29, 1.82) is 0 Å². The van der Waals surface area contributed by atoms with Gasteiger partial charge in [0.1, 0.15) is 0 Å². The highest BCUT2D eigenvalue weighted by atomic mass is 16.5. The number of morpholine rings is 1. The Morgan fingerprint density at radius 2 is 1.61 bits per heavy atom. The summed E-state index contributed by atoms with van der Waals surface area (Å²) in [4.78, 5) is 26.3. The van der Waals surface area contributed by atoms with Crippen LogP contribution in [0.25, 0.3) is 0 Å². The van der Waals surface area contributed by atoms with Crippen LogP contribution in [-0.4, -0.2) is 55.6 Å². The van der Waals surface area contributed by atoms with Gasteiger partial charge in [-0.05, 0) is 11.1 Å². The van der Waals surface area contributed by atoms with Crippen LogP contribution in [0.5, 0.6) is 0 Å². The highest BCUT2D eigenvalue weighted by Crippen LogP contribution is 2.10. The van der Waals surface area contributed by atoms with E-state index < -0.39 is 0 Å². The van der Waals surface area contributed by atoms with Crippen LogP contribution in [0, 0.1) is 0 Å². The minimum atomic E-state index is -0.204. The molecule has 0 saturated carbocycles. The first-order valence-corrected chi connectivity index (χ1v) is 9.64. The van der Waals surface area contributed by atoms with Gasteiger partial charge in [-0.1, -0.05) is 60.7 Å². The molecular weight excluding hydrogens is 354 g/mol. The standard InChI is InChI=1S/C22H27N3O3/c26-21(13-18-7-3-1-4-8-18)24-15-22(27)23-14-20-17-25(11-12-28-20)16-19-9-5-2-6-10-19/h1-10,20H,11-17H2,(H,23,27)(H,24,26). The van der Waals surface area contributed by atoms with Gasteiger partial charge in [0.05, 0.1) is 25.7 Å². The molecule has 1 fully saturated rings. The molecule has 6 heteroatoms. The minimum absolute atomic E-state index is 0.0217. The molecule has 1 atom stereocenters. The summed E-state index contributed by atoms with van der Waals surface area (Å²) in [5, 5.41) is 5.51. The maximum absolute atomic E-state index is 12.0. The third kappa shape index (κ3) is 6.79. The second-order valence-electron chi connectivity index (χ2n) is 6.96. The van der Waals surface area contributed by atoms with E-state index in [1.807, 2.05) is 48.5 Å². The van der Waals surface area contributed by atoms with E-state index in [4.69, 9.17) is 4.74 Å². The third-order valence-electron chi connectivity index (χ3n) is 4.65. The fraction of sp³-hybridized carbons (Fsp3) is 0.364. The molecule has 0 aliphatic carbocycles. The summed E-state index contributed by atoms with van der Waals surface area (Å²) in [7, 11) is 0. The number of rotatable bonds is 8. The van der Waals surface area contributed by atoms with Crippen LogP contribution in [0.3, 0.4) is 0 Å². The molecule has 0 bridgehead atoms. The van der Waals surface area contributed by atoms with E-state index in [0.29, 0.717) is 13.2 Å². The van der Waals surface area contributed by atoms with Gasteiger partial charge in [0, 0.05) is 26.2 Å². The van der Waals surface area contributed by atoms with Gasteiger partial charge >= 0.3 is 0 Å². The predicted octanol–water partition coefficient (Wildman–Crippen LogP) is 1.36. The number of nitrogens with one attached hydrogen (secondary N) is 2. The Morgan fingerprint density at radius 1 is 0.929 bits per heavy atom. The first-order chi connectivity index (χ1) is 13.7. The Labute approximate surface area is 165 Å². The van der Waals surface area contributed by atoms with Crippen LogP contribution in [0.1, 0.15) is 11.1 Å². The Hall–Kier alpha value is -2.70. The number of benzene rings is 2. The molecule has 1 unspecified atom stereocenters. The molecule has 3 rings (SSSR count). The number of nitrogens with zero attached hydrogens (tertiary/aromatic N) is 1. The van der Waals surface area contributed by atoms with Gasteiger partial charge in [-0.25, -0.2) is 0 Å². The zero-order valence-electron chi connectivity index (χ0n) is 16.0. The number of hydrogen-bond acceptors (Lipinski definition) is 4. The van der Waals surface area contributed by atoms with E-state index in [1.54, 1.807) is 0 Å². The van der Waals surface area contributed by atoms with Crippen molar-refractivity contribution in [3.63, 3.8) is 0 Å². The summed E-state index contributed by atoms with van der Waals surface area (Å²) >= 11 is 0. The maximum Gasteiger partial charge on any atom is 0.239 e. The summed E-state index contributed by atoms with van der Waals surface area (Å²) in [5.74, 6) is -0.366. The summed E-state index contributed by atoms with van der Waals surface area (Å²) < 4.78 is 5.76. The zero-order chi connectivity index (χ0) is 19.6. The summed E-state index contributed by atoms with van der Waals surface area (Å²) in [5.41, 5.74) is 2.20. The first kappa shape index (κ1) is 20.0. The fourth-order valence-corrected chi connectivity index (χ4v) is 3.20. The van der Waals surface area contributed by atoms with Crippen molar-refractivity contribution in [3.05, 3.63) is 71.8 Å². The lowest BCUT2D eigenvalue weighted by atomic mass is 10.1. The van der Waals surface area contributed by atoms with Crippen molar-refractivity contribution in [3.8, 4) is 0 Å². The smallest absolute Gasteiger partial charge is 0.239 e. The van der Waals surface area contributed by atoms with E-state index >= 15 is 0 Å². The lowest BCUT2D eigenvalue weighted by molar-refractivity contribution is -0.126. The molecule has 28 heavy (non-hydrogen) atoms. The van der Waals surface area contributed by atoms with Crippen LogP contribution in [0.15, 0.2) is 60.7 Å². The fourth-order valence-electron chi connectivity index (χ4n) is 3.20. The van der Waals surface area contributed by atoms with E-state index in [-0.39, 0.29) is 30.9 Å². The van der Waals surface area contributed by atoms with Crippen LogP contribution < -0.4 is 10.6 Å². The second kappa shape index (κ2) is 10.6. The van der Waals surface area contributed by atoms with Gasteiger partial charge in [0.2, 0.25) is 11.8 Å². The highest BCUT2D eigenvalue weighted by Gasteiger charge is 2.21. The number of carbonyl (C=O) groups is 2. The van der Waals surface area contributed by atoms with Gasteiger partial charge in [-0.2, -0.15) is 0 Å². The van der Waals surface area contributed by atoms with Crippen molar-refractivity contribution < 1.29 is 14.3 Å². The van der Waals surface area contributed by atoms with Crippen LogP contribution in [0.2, 0.25) is 0 Å². The monoisotopic (exact) mass is 381 g/mol. The van der Waals surface area contributed by atoms with Gasteiger partial charge in [-0.3, -0.25) is 14.5 Å². The molecule has 6 nitrogen and oxygen atoms in total. The van der Waals surface area contributed by atoms with Gasteiger partial charge in [0.15, 0.2) is 0 Å². The zero-order valence-corrected chi connectivity index (χ0v) is 16.0. The predicted molar refractivity (Wildman–Crippen MR) is 108 cm³/mol. The molecule has 2 aromatic carbocycles. The van der Waals surface area contributed by atoms with E-state index in [1.165, 1.54) is 5.56 Å². The quantitative estimate of drug-likeness (QED) is 0.724. The molecule has 2 aromatic rings. The molecule has 148 valence electrons. The van der Waals surface area contributed by atoms with Gasteiger partial charge in [-0.15, -0.1) is 0 Å². The van der Waals surface area contributed by atoms with E-state index in [2.05, 4.69) is 27.7 Å². The number of ether oxygens (including phenoxy) is 1. The summed E-state index contributed by atoms with van der Waals surface area (Å²) in [6, 6.07) is 19.8. The van der Waals surface area contributed by atoms with Crippen LogP contribution in [0.4, 0.5) is 0 Å². The highest BCUT2D eigenvalue weighted by molar-refractivity contribution is 5.85. The van der Waals surface area contributed by atoms with Gasteiger partial charge in [0.25, 0.3) is 0 Å². The minimum Gasteiger partial charge on any atom is -0.374 e. The summed E-state index contributed by atoms with van der Waals surface area (Å²) in [6.45, 7) is 3.61. The lowest BCUT2D eigenvalue weighted by Crippen LogP contribution is -2.48. The van der Waals surface area contributed by atoms with E-state index in [9.17, 15) is 9.59 Å².